The Morgan fingerprint density at radius 2 is 2.25 bits per heavy atom. The minimum Gasteiger partial charge on any atom is -0.496 e. The Morgan fingerprint density at radius 3 is 2.90 bits per heavy atom. The van der Waals surface area contributed by atoms with E-state index in [0.717, 1.165) is 21.9 Å². The molecule has 0 fully saturated rings. The third-order valence-corrected chi connectivity index (χ3v) is 4.02. The lowest BCUT2D eigenvalue weighted by molar-refractivity contribution is -0.121. The van der Waals surface area contributed by atoms with E-state index < -0.39 is 0 Å². The normalized spacial score (nSPS) is 18.9. The number of allylic oxidation sites excluding steroid dienone is 1. The standard InChI is InChI=1S/C15H18N2O2S/c1-10-9-14(18)17-16-12(10)8-7-11-5-4-6-13(19-2)15(11)20-3/h4-8,10H,9H2,1-3H3,(H,17,18). The van der Waals surface area contributed by atoms with Gasteiger partial charge in [0.15, 0.2) is 0 Å². The van der Waals surface area contributed by atoms with Crippen LogP contribution in [0.1, 0.15) is 18.9 Å². The molecule has 0 radical (unpaired) electrons. The number of methoxy groups -OCH3 is 1. The second kappa shape index (κ2) is 6.61. The van der Waals surface area contributed by atoms with Gasteiger partial charge in [0, 0.05) is 12.3 Å². The molecule has 1 aromatic carbocycles. The van der Waals surface area contributed by atoms with Crippen molar-refractivity contribution in [2.24, 2.45) is 11.0 Å². The Hall–Kier alpha value is -1.75. The van der Waals surface area contributed by atoms with Crippen LogP contribution in [-0.2, 0) is 4.79 Å². The summed E-state index contributed by atoms with van der Waals surface area (Å²) in [6, 6.07) is 5.95. The SMILES string of the molecule is COc1cccc(C=CC2=NNC(=O)CC2C)c1SC. The average Bonchev–Trinajstić information content (AvgIpc) is 2.45. The summed E-state index contributed by atoms with van der Waals surface area (Å²) < 4.78 is 5.36. The van der Waals surface area contributed by atoms with E-state index in [0.29, 0.717) is 6.42 Å². The zero-order valence-electron chi connectivity index (χ0n) is 11.8. The van der Waals surface area contributed by atoms with Crippen molar-refractivity contribution in [3.63, 3.8) is 0 Å². The molecule has 0 aliphatic carbocycles. The predicted molar refractivity (Wildman–Crippen MR) is 83.2 cm³/mol. The highest BCUT2D eigenvalue weighted by atomic mass is 32.2. The summed E-state index contributed by atoms with van der Waals surface area (Å²) in [4.78, 5) is 12.3. The molecule has 0 bridgehead atoms. The lowest BCUT2D eigenvalue weighted by atomic mass is 9.99. The predicted octanol–water partition coefficient (Wildman–Crippen LogP) is 2.94. The molecule has 20 heavy (non-hydrogen) atoms. The molecule has 0 saturated heterocycles. The number of carbonyl (C=O) groups is 1. The number of ether oxygens (including phenoxy) is 1. The van der Waals surface area contributed by atoms with Crippen LogP contribution in [0, 0.1) is 5.92 Å². The van der Waals surface area contributed by atoms with Crippen LogP contribution < -0.4 is 10.2 Å². The van der Waals surface area contributed by atoms with E-state index in [1.165, 1.54) is 0 Å². The van der Waals surface area contributed by atoms with Gasteiger partial charge in [0.2, 0.25) is 5.91 Å². The smallest absolute Gasteiger partial charge is 0.240 e. The van der Waals surface area contributed by atoms with Crippen LogP contribution in [-0.4, -0.2) is 25.0 Å². The number of nitrogens with one attached hydrogen (secondary N) is 1. The molecular formula is C15H18N2O2S. The number of nitrogens with zero attached hydrogens (tertiary/aromatic N) is 1. The molecule has 1 N–H and O–H groups in total. The molecule has 1 unspecified atom stereocenters. The molecule has 1 atom stereocenters. The number of rotatable bonds is 4. The first-order chi connectivity index (χ1) is 9.65. The van der Waals surface area contributed by atoms with E-state index in [2.05, 4.69) is 10.5 Å². The Bertz CT molecular complexity index is 567. The molecular weight excluding hydrogens is 272 g/mol. The molecule has 1 heterocycles. The molecule has 2 rings (SSSR count). The molecule has 4 nitrogen and oxygen atoms in total. The number of hydrazone groups is 1. The summed E-state index contributed by atoms with van der Waals surface area (Å²) in [5.74, 6) is 0.982. The second-order valence-corrected chi connectivity index (χ2v) is 5.41. The van der Waals surface area contributed by atoms with E-state index in [9.17, 15) is 4.79 Å². The van der Waals surface area contributed by atoms with Gasteiger partial charge in [0.05, 0.1) is 17.7 Å². The van der Waals surface area contributed by atoms with E-state index >= 15 is 0 Å². The van der Waals surface area contributed by atoms with Crippen molar-refractivity contribution in [1.82, 2.24) is 5.43 Å². The minimum atomic E-state index is -0.0270. The van der Waals surface area contributed by atoms with Gasteiger partial charge in [-0.25, -0.2) is 5.43 Å². The zero-order valence-corrected chi connectivity index (χ0v) is 12.7. The highest BCUT2D eigenvalue weighted by Crippen LogP contribution is 2.31. The summed E-state index contributed by atoms with van der Waals surface area (Å²) in [6.45, 7) is 2.00. The van der Waals surface area contributed by atoms with Crippen LogP contribution in [0.5, 0.6) is 5.75 Å². The summed E-state index contributed by atoms with van der Waals surface area (Å²) in [5, 5.41) is 4.10. The van der Waals surface area contributed by atoms with Crippen molar-refractivity contribution in [1.29, 1.82) is 0 Å². The van der Waals surface area contributed by atoms with E-state index in [4.69, 9.17) is 4.74 Å². The molecule has 0 saturated carbocycles. The van der Waals surface area contributed by atoms with E-state index in [1.54, 1.807) is 18.9 Å². The third-order valence-electron chi connectivity index (χ3n) is 3.17. The van der Waals surface area contributed by atoms with Gasteiger partial charge < -0.3 is 4.74 Å². The maximum atomic E-state index is 11.2. The Kier molecular flexibility index (Phi) is 4.84. The molecule has 1 aromatic rings. The number of benzene rings is 1. The maximum Gasteiger partial charge on any atom is 0.240 e. The minimum absolute atomic E-state index is 0.0270. The monoisotopic (exact) mass is 290 g/mol. The van der Waals surface area contributed by atoms with Crippen molar-refractivity contribution in [3.8, 4) is 5.75 Å². The fraction of sp³-hybridized carbons (Fsp3) is 0.333. The van der Waals surface area contributed by atoms with Gasteiger partial charge in [-0.1, -0.05) is 25.1 Å². The lowest BCUT2D eigenvalue weighted by Gasteiger charge is -2.16. The first-order valence-electron chi connectivity index (χ1n) is 6.41. The van der Waals surface area contributed by atoms with E-state index in [-0.39, 0.29) is 11.8 Å². The van der Waals surface area contributed by atoms with Crippen molar-refractivity contribution in [2.45, 2.75) is 18.2 Å². The van der Waals surface area contributed by atoms with Gasteiger partial charge in [-0.3, -0.25) is 4.79 Å². The van der Waals surface area contributed by atoms with Crippen LogP contribution in [0.4, 0.5) is 0 Å². The number of thioether (sulfide) groups is 1. The van der Waals surface area contributed by atoms with Crippen LogP contribution in [0.15, 0.2) is 34.3 Å². The van der Waals surface area contributed by atoms with Crippen molar-refractivity contribution < 1.29 is 9.53 Å². The van der Waals surface area contributed by atoms with Crippen LogP contribution >= 0.6 is 11.8 Å². The van der Waals surface area contributed by atoms with Gasteiger partial charge in [-0.05, 0) is 24.0 Å². The quantitative estimate of drug-likeness (QED) is 0.867. The average molecular weight is 290 g/mol. The molecule has 0 spiro atoms. The third kappa shape index (κ3) is 3.22. The lowest BCUT2D eigenvalue weighted by Crippen LogP contribution is -2.30. The molecule has 1 amide bonds. The summed E-state index contributed by atoms with van der Waals surface area (Å²) in [7, 11) is 1.67. The van der Waals surface area contributed by atoms with Crippen LogP contribution in [0.25, 0.3) is 6.08 Å². The van der Waals surface area contributed by atoms with E-state index in [1.807, 2.05) is 43.5 Å². The molecule has 0 aromatic heterocycles. The van der Waals surface area contributed by atoms with Crippen LogP contribution in [0.3, 0.4) is 0 Å². The number of amides is 1. The maximum absolute atomic E-state index is 11.2. The molecule has 1 aliphatic heterocycles. The van der Waals surface area contributed by atoms with Gasteiger partial charge in [-0.2, -0.15) is 5.10 Å². The zero-order chi connectivity index (χ0) is 14.5. The second-order valence-electron chi connectivity index (χ2n) is 4.59. The Morgan fingerprint density at radius 1 is 1.45 bits per heavy atom. The first kappa shape index (κ1) is 14.7. The van der Waals surface area contributed by atoms with Crippen LogP contribution in [0.2, 0.25) is 0 Å². The fourth-order valence-electron chi connectivity index (χ4n) is 2.09. The fourth-order valence-corrected chi connectivity index (χ4v) is 2.81. The van der Waals surface area contributed by atoms with Gasteiger partial charge in [0.25, 0.3) is 0 Å². The first-order valence-corrected chi connectivity index (χ1v) is 7.63. The van der Waals surface area contributed by atoms with Gasteiger partial charge in [-0.15, -0.1) is 11.8 Å². The molecule has 5 heteroatoms. The van der Waals surface area contributed by atoms with Gasteiger partial charge >= 0.3 is 0 Å². The largest absolute Gasteiger partial charge is 0.496 e. The highest BCUT2D eigenvalue weighted by molar-refractivity contribution is 7.98. The Labute approximate surface area is 123 Å². The summed E-state index contributed by atoms with van der Waals surface area (Å²) >= 11 is 1.65. The number of hydrogen-bond donors (Lipinski definition) is 1. The Balaban J connectivity index is 2.26. The number of carbonyl (C=O) groups excluding carboxylic acids is 1. The topological polar surface area (TPSA) is 50.7 Å². The van der Waals surface area contributed by atoms with Crippen molar-refractivity contribution in [3.05, 3.63) is 29.8 Å². The molecule has 106 valence electrons. The van der Waals surface area contributed by atoms with Gasteiger partial charge in [0.1, 0.15) is 5.75 Å². The van der Waals surface area contributed by atoms with Crippen molar-refractivity contribution in [2.75, 3.05) is 13.4 Å². The summed E-state index contributed by atoms with van der Waals surface area (Å²) in [6.07, 6.45) is 6.48. The number of hydrogen-bond acceptors (Lipinski definition) is 4. The molecule has 1 aliphatic rings. The highest BCUT2D eigenvalue weighted by Gasteiger charge is 2.18. The van der Waals surface area contributed by atoms with Crippen molar-refractivity contribution >= 4 is 29.5 Å². The summed E-state index contributed by atoms with van der Waals surface area (Å²) in [5.41, 5.74) is 4.49.